The molecule has 6 heteroatoms. The first-order valence-electron chi connectivity index (χ1n) is 6.93. The molecule has 5 nitrogen and oxygen atoms in total. The van der Waals surface area contributed by atoms with Crippen molar-refractivity contribution in [1.29, 1.82) is 0 Å². The van der Waals surface area contributed by atoms with Gasteiger partial charge in [-0.25, -0.2) is 5.01 Å². The summed E-state index contributed by atoms with van der Waals surface area (Å²) in [6.45, 7) is 1.64. The van der Waals surface area contributed by atoms with Crippen molar-refractivity contribution in [2.75, 3.05) is 13.1 Å². The molecule has 0 saturated carbocycles. The van der Waals surface area contributed by atoms with Crippen LogP contribution < -0.4 is 10.9 Å². The lowest BCUT2D eigenvalue weighted by Crippen LogP contribution is -2.45. The smallest absolute Gasteiger partial charge is 0.301 e. The van der Waals surface area contributed by atoms with E-state index in [2.05, 4.69) is 5.43 Å². The lowest BCUT2D eigenvalue weighted by molar-refractivity contribution is 0.0722. The molecule has 0 bridgehead atoms. The number of hydrogen-bond donors (Lipinski definition) is 1. The van der Waals surface area contributed by atoms with E-state index in [9.17, 15) is 9.59 Å². The van der Waals surface area contributed by atoms with Gasteiger partial charge >= 0.3 is 5.91 Å². The van der Waals surface area contributed by atoms with Crippen molar-refractivity contribution in [3.8, 4) is 0 Å². The van der Waals surface area contributed by atoms with E-state index in [1.165, 1.54) is 18.6 Å². The maximum Gasteiger partial charge on any atom is 0.301 e. The molecule has 3 rings (SSSR count). The highest BCUT2D eigenvalue weighted by atomic mass is 35.5. The molecule has 1 N–H and O–H groups in total. The van der Waals surface area contributed by atoms with Gasteiger partial charge in [-0.1, -0.05) is 18.0 Å². The standard InChI is InChI=1S/C15H15ClN2O3/c16-10-4-5-13-11(8-10)12(19)9-14(21-13)15(20)17-18-6-2-1-3-7-18/h4-5,8-9H,1-3,6-7H2,(H,17,20). The fraction of sp³-hybridized carbons (Fsp3) is 0.333. The van der Waals surface area contributed by atoms with Gasteiger partial charge in [0.1, 0.15) is 5.58 Å². The van der Waals surface area contributed by atoms with Crippen molar-refractivity contribution < 1.29 is 9.21 Å². The summed E-state index contributed by atoms with van der Waals surface area (Å²) in [5, 5.41) is 2.69. The molecule has 2 heterocycles. The number of hydrazine groups is 1. The summed E-state index contributed by atoms with van der Waals surface area (Å²) in [5.41, 5.74) is 2.86. The average molecular weight is 307 g/mol. The van der Waals surface area contributed by atoms with Crippen LogP contribution in [-0.4, -0.2) is 24.0 Å². The second kappa shape index (κ2) is 5.87. The third-order valence-corrected chi connectivity index (χ3v) is 3.76. The van der Waals surface area contributed by atoms with Crippen LogP contribution in [0.2, 0.25) is 5.02 Å². The van der Waals surface area contributed by atoms with E-state index >= 15 is 0 Å². The van der Waals surface area contributed by atoms with E-state index in [-0.39, 0.29) is 11.2 Å². The first-order valence-corrected chi connectivity index (χ1v) is 7.30. The van der Waals surface area contributed by atoms with E-state index in [1.54, 1.807) is 12.1 Å². The van der Waals surface area contributed by atoms with Gasteiger partial charge in [0, 0.05) is 24.2 Å². The minimum atomic E-state index is -0.397. The van der Waals surface area contributed by atoms with Crippen LogP contribution in [0.25, 0.3) is 11.0 Å². The molecular weight excluding hydrogens is 292 g/mol. The van der Waals surface area contributed by atoms with Gasteiger partial charge in [-0.05, 0) is 31.0 Å². The zero-order valence-electron chi connectivity index (χ0n) is 11.4. The van der Waals surface area contributed by atoms with Crippen LogP contribution in [-0.2, 0) is 0 Å². The monoisotopic (exact) mass is 306 g/mol. The van der Waals surface area contributed by atoms with Crippen molar-refractivity contribution in [3.05, 3.63) is 45.3 Å². The van der Waals surface area contributed by atoms with Crippen LogP contribution >= 0.6 is 11.6 Å². The molecule has 1 saturated heterocycles. The predicted molar refractivity (Wildman–Crippen MR) is 80.4 cm³/mol. The summed E-state index contributed by atoms with van der Waals surface area (Å²) in [6.07, 6.45) is 3.29. The number of carbonyl (C=O) groups excluding carboxylic acids is 1. The minimum absolute atomic E-state index is 0.0143. The van der Waals surface area contributed by atoms with Gasteiger partial charge in [-0.3, -0.25) is 15.0 Å². The van der Waals surface area contributed by atoms with Crippen LogP contribution in [0.5, 0.6) is 0 Å². The molecule has 0 radical (unpaired) electrons. The lowest BCUT2D eigenvalue weighted by Gasteiger charge is -2.26. The van der Waals surface area contributed by atoms with E-state index in [0.29, 0.717) is 16.0 Å². The van der Waals surface area contributed by atoms with Crippen LogP contribution in [0.3, 0.4) is 0 Å². The van der Waals surface area contributed by atoms with Gasteiger partial charge in [0.05, 0.1) is 5.39 Å². The summed E-state index contributed by atoms with van der Waals surface area (Å²) in [4.78, 5) is 24.2. The maximum absolute atomic E-state index is 12.2. The lowest BCUT2D eigenvalue weighted by atomic mass is 10.2. The molecule has 1 fully saturated rings. The molecule has 1 aliphatic heterocycles. The number of carbonyl (C=O) groups is 1. The zero-order valence-corrected chi connectivity index (χ0v) is 12.2. The Kier molecular flexibility index (Phi) is 3.94. The Balaban J connectivity index is 1.88. The average Bonchev–Trinajstić information content (AvgIpc) is 2.49. The highest BCUT2D eigenvalue weighted by Crippen LogP contribution is 2.17. The molecule has 1 aliphatic rings. The summed E-state index contributed by atoms with van der Waals surface area (Å²) in [5.74, 6) is -0.383. The number of rotatable bonds is 2. The number of piperidine rings is 1. The Morgan fingerprint density at radius 2 is 1.95 bits per heavy atom. The molecule has 0 aliphatic carbocycles. The first-order chi connectivity index (χ1) is 10.1. The molecule has 0 spiro atoms. The van der Waals surface area contributed by atoms with E-state index in [0.717, 1.165) is 25.9 Å². The first kappa shape index (κ1) is 14.1. The van der Waals surface area contributed by atoms with Gasteiger partial charge in [-0.2, -0.15) is 0 Å². The molecule has 2 aromatic rings. The number of hydrogen-bond acceptors (Lipinski definition) is 4. The Morgan fingerprint density at radius 1 is 1.19 bits per heavy atom. The van der Waals surface area contributed by atoms with Crippen LogP contribution in [0.15, 0.2) is 33.5 Å². The number of amides is 1. The molecule has 1 aromatic heterocycles. The fourth-order valence-electron chi connectivity index (χ4n) is 2.44. The number of halogens is 1. The Morgan fingerprint density at radius 3 is 2.71 bits per heavy atom. The number of benzene rings is 1. The Hall–Kier alpha value is -1.85. The van der Waals surface area contributed by atoms with E-state index < -0.39 is 5.91 Å². The summed E-state index contributed by atoms with van der Waals surface area (Å²) >= 11 is 5.86. The second-order valence-corrected chi connectivity index (χ2v) is 5.54. The number of nitrogens with zero attached hydrogens (tertiary/aromatic N) is 1. The van der Waals surface area contributed by atoms with Crippen LogP contribution in [0, 0.1) is 0 Å². The maximum atomic E-state index is 12.2. The van der Waals surface area contributed by atoms with Crippen molar-refractivity contribution in [3.63, 3.8) is 0 Å². The third-order valence-electron chi connectivity index (χ3n) is 3.53. The summed E-state index contributed by atoms with van der Waals surface area (Å²) in [6, 6.07) is 5.96. The minimum Gasteiger partial charge on any atom is -0.451 e. The summed E-state index contributed by atoms with van der Waals surface area (Å²) in [7, 11) is 0. The van der Waals surface area contributed by atoms with Crippen molar-refractivity contribution in [2.24, 2.45) is 0 Å². The van der Waals surface area contributed by atoms with Gasteiger partial charge in [0.2, 0.25) is 0 Å². The molecule has 0 atom stereocenters. The normalized spacial score (nSPS) is 16.0. The number of nitrogens with one attached hydrogen (secondary N) is 1. The fourth-order valence-corrected chi connectivity index (χ4v) is 2.62. The van der Waals surface area contributed by atoms with Crippen LogP contribution in [0.1, 0.15) is 29.8 Å². The summed E-state index contributed by atoms with van der Waals surface area (Å²) < 4.78 is 5.50. The van der Waals surface area contributed by atoms with E-state index in [1.807, 2.05) is 5.01 Å². The Bertz CT molecular complexity index is 735. The molecule has 1 aromatic carbocycles. The SMILES string of the molecule is O=C(NN1CCCCC1)c1cc(=O)c2cc(Cl)ccc2o1. The third kappa shape index (κ3) is 3.09. The molecule has 21 heavy (non-hydrogen) atoms. The Labute approximate surface area is 126 Å². The highest BCUT2D eigenvalue weighted by molar-refractivity contribution is 6.31. The van der Waals surface area contributed by atoms with Gasteiger partial charge in [-0.15, -0.1) is 0 Å². The number of fused-ring (bicyclic) bond motifs is 1. The zero-order chi connectivity index (χ0) is 14.8. The topological polar surface area (TPSA) is 62.6 Å². The van der Waals surface area contributed by atoms with Crippen molar-refractivity contribution in [2.45, 2.75) is 19.3 Å². The largest absolute Gasteiger partial charge is 0.451 e. The molecule has 1 amide bonds. The molecular formula is C15H15ClN2O3. The molecule has 110 valence electrons. The second-order valence-electron chi connectivity index (χ2n) is 5.10. The van der Waals surface area contributed by atoms with Gasteiger partial charge in [0.25, 0.3) is 0 Å². The van der Waals surface area contributed by atoms with Crippen molar-refractivity contribution >= 4 is 28.5 Å². The highest BCUT2D eigenvalue weighted by Gasteiger charge is 2.17. The molecule has 0 unspecified atom stereocenters. The van der Waals surface area contributed by atoms with Gasteiger partial charge < -0.3 is 4.42 Å². The van der Waals surface area contributed by atoms with Crippen LogP contribution in [0.4, 0.5) is 0 Å². The predicted octanol–water partition coefficient (Wildman–Crippen LogP) is 2.58. The van der Waals surface area contributed by atoms with Gasteiger partial charge in [0.15, 0.2) is 11.2 Å². The van der Waals surface area contributed by atoms with Crippen molar-refractivity contribution in [1.82, 2.24) is 10.4 Å². The van der Waals surface area contributed by atoms with E-state index in [4.69, 9.17) is 16.0 Å². The quantitative estimate of drug-likeness (QED) is 0.926.